The second-order valence-electron chi connectivity index (χ2n) is 4.40. The Hall–Kier alpha value is -1.69. The van der Waals surface area contributed by atoms with Crippen LogP contribution in [0.5, 0.6) is 0 Å². The third-order valence-corrected chi connectivity index (χ3v) is 3.13. The monoisotopic (exact) mass is 229 g/mol. The van der Waals surface area contributed by atoms with E-state index in [1.165, 1.54) is 17.8 Å². The fourth-order valence-corrected chi connectivity index (χ4v) is 2.25. The molecule has 0 aromatic heterocycles. The third kappa shape index (κ3) is 3.13. The lowest BCUT2D eigenvalue weighted by atomic mass is 10.2. The Bertz CT molecular complexity index is 395. The van der Waals surface area contributed by atoms with Crippen LogP contribution in [0.1, 0.15) is 25.7 Å². The smallest absolute Gasteiger partial charge is 0.0621 e. The van der Waals surface area contributed by atoms with Crippen molar-refractivity contribution in [2.24, 2.45) is 0 Å². The molecule has 3 nitrogen and oxygen atoms in total. The van der Waals surface area contributed by atoms with Crippen LogP contribution < -0.4 is 10.2 Å². The summed E-state index contributed by atoms with van der Waals surface area (Å²) in [6.07, 6.45) is 3.95. The molecule has 1 aliphatic heterocycles. The maximum absolute atomic E-state index is 8.53. The first kappa shape index (κ1) is 11.8. The van der Waals surface area contributed by atoms with E-state index in [4.69, 9.17) is 5.26 Å². The van der Waals surface area contributed by atoms with Gasteiger partial charge >= 0.3 is 0 Å². The Labute approximate surface area is 103 Å². The van der Waals surface area contributed by atoms with E-state index in [0.29, 0.717) is 6.42 Å². The Kier molecular flexibility index (Phi) is 4.26. The molecule has 0 amide bonds. The predicted molar refractivity (Wildman–Crippen MR) is 71.2 cm³/mol. The summed E-state index contributed by atoms with van der Waals surface area (Å²) in [4.78, 5) is 2.44. The number of hydrogen-bond donors (Lipinski definition) is 1. The number of unbranched alkanes of at least 4 members (excludes halogenated alkanes) is 2. The molecule has 3 heteroatoms. The standard InChI is InChI=1S/C14H19N3/c15-9-4-1-5-11-17-12-6-10-16-13-7-2-3-8-14(13)17/h2-3,7-8,16H,1,4-6,10-12H2. The first-order valence-electron chi connectivity index (χ1n) is 6.36. The van der Waals surface area contributed by atoms with Gasteiger partial charge in [-0.25, -0.2) is 0 Å². The fraction of sp³-hybridized carbons (Fsp3) is 0.500. The molecule has 0 aliphatic carbocycles. The van der Waals surface area contributed by atoms with Gasteiger partial charge in [-0.05, 0) is 31.4 Å². The Morgan fingerprint density at radius 1 is 1.29 bits per heavy atom. The summed E-state index contributed by atoms with van der Waals surface area (Å²) in [5, 5.41) is 12.0. The largest absolute Gasteiger partial charge is 0.383 e. The fourth-order valence-electron chi connectivity index (χ4n) is 2.25. The second kappa shape index (κ2) is 6.15. The van der Waals surface area contributed by atoms with Gasteiger partial charge < -0.3 is 10.2 Å². The number of anilines is 2. The maximum Gasteiger partial charge on any atom is 0.0621 e. The van der Waals surface area contributed by atoms with Crippen molar-refractivity contribution in [1.29, 1.82) is 5.26 Å². The van der Waals surface area contributed by atoms with E-state index in [2.05, 4.69) is 40.6 Å². The van der Waals surface area contributed by atoms with Crippen LogP contribution in [0, 0.1) is 11.3 Å². The number of nitrogens with zero attached hydrogens (tertiary/aromatic N) is 2. The van der Waals surface area contributed by atoms with Gasteiger partial charge in [0.15, 0.2) is 0 Å². The van der Waals surface area contributed by atoms with Crippen molar-refractivity contribution in [2.75, 3.05) is 29.9 Å². The summed E-state index contributed by atoms with van der Waals surface area (Å²) in [6, 6.07) is 10.7. The molecular formula is C14H19N3. The Morgan fingerprint density at radius 3 is 3.06 bits per heavy atom. The topological polar surface area (TPSA) is 39.1 Å². The summed E-state index contributed by atoms with van der Waals surface area (Å²) in [5.74, 6) is 0. The lowest BCUT2D eigenvalue weighted by Crippen LogP contribution is -2.25. The molecule has 0 unspecified atom stereocenters. The highest BCUT2D eigenvalue weighted by Crippen LogP contribution is 2.28. The summed E-state index contributed by atoms with van der Waals surface area (Å²) in [7, 11) is 0. The van der Waals surface area contributed by atoms with Crippen LogP contribution in [0.4, 0.5) is 11.4 Å². The van der Waals surface area contributed by atoms with Crippen molar-refractivity contribution in [3.8, 4) is 6.07 Å². The first-order valence-corrected chi connectivity index (χ1v) is 6.36. The van der Waals surface area contributed by atoms with Crippen LogP contribution in [-0.2, 0) is 0 Å². The van der Waals surface area contributed by atoms with E-state index >= 15 is 0 Å². The molecule has 1 aromatic carbocycles. The lowest BCUT2D eigenvalue weighted by molar-refractivity contribution is 0.687. The number of rotatable bonds is 4. The van der Waals surface area contributed by atoms with Gasteiger partial charge in [-0.1, -0.05) is 12.1 Å². The molecule has 1 aliphatic rings. The summed E-state index contributed by atoms with van der Waals surface area (Å²) in [5.41, 5.74) is 2.55. The average molecular weight is 229 g/mol. The lowest BCUT2D eigenvalue weighted by Gasteiger charge is -2.24. The minimum atomic E-state index is 0.674. The highest BCUT2D eigenvalue weighted by Gasteiger charge is 2.13. The first-order chi connectivity index (χ1) is 8.42. The molecule has 17 heavy (non-hydrogen) atoms. The van der Waals surface area contributed by atoms with E-state index in [1.807, 2.05) is 0 Å². The maximum atomic E-state index is 8.53. The SMILES string of the molecule is N#CCCCCN1CCCNc2ccccc21. The van der Waals surface area contributed by atoms with Crippen molar-refractivity contribution < 1.29 is 0 Å². The zero-order valence-electron chi connectivity index (χ0n) is 10.2. The predicted octanol–water partition coefficient (Wildman–Crippen LogP) is 3.00. The molecule has 1 aromatic rings. The van der Waals surface area contributed by atoms with E-state index in [9.17, 15) is 0 Å². The van der Waals surface area contributed by atoms with Gasteiger partial charge in [0.25, 0.3) is 0 Å². The third-order valence-electron chi connectivity index (χ3n) is 3.13. The van der Waals surface area contributed by atoms with Crippen LogP contribution in [-0.4, -0.2) is 19.6 Å². The van der Waals surface area contributed by atoms with Gasteiger partial charge in [0.1, 0.15) is 0 Å². The van der Waals surface area contributed by atoms with Gasteiger partial charge in [0, 0.05) is 26.1 Å². The zero-order chi connectivity index (χ0) is 11.9. The minimum absolute atomic E-state index is 0.674. The van der Waals surface area contributed by atoms with Gasteiger partial charge in [-0.3, -0.25) is 0 Å². The minimum Gasteiger partial charge on any atom is -0.383 e. The number of nitriles is 1. The van der Waals surface area contributed by atoms with E-state index < -0.39 is 0 Å². The van der Waals surface area contributed by atoms with Crippen LogP contribution >= 0.6 is 0 Å². The van der Waals surface area contributed by atoms with Gasteiger partial charge in [-0.2, -0.15) is 5.26 Å². The number of para-hydroxylation sites is 2. The highest BCUT2D eigenvalue weighted by molar-refractivity contribution is 5.70. The molecule has 0 saturated carbocycles. The number of fused-ring (bicyclic) bond motifs is 1. The molecule has 0 bridgehead atoms. The van der Waals surface area contributed by atoms with Crippen molar-refractivity contribution in [3.05, 3.63) is 24.3 Å². The zero-order valence-corrected chi connectivity index (χ0v) is 10.2. The van der Waals surface area contributed by atoms with Crippen molar-refractivity contribution >= 4 is 11.4 Å². The molecule has 0 atom stereocenters. The van der Waals surface area contributed by atoms with E-state index in [0.717, 1.165) is 32.5 Å². The van der Waals surface area contributed by atoms with Crippen LogP contribution in [0.15, 0.2) is 24.3 Å². The molecule has 2 rings (SSSR count). The number of nitrogens with one attached hydrogen (secondary N) is 1. The Morgan fingerprint density at radius 2 is 2.18 bits per heavy atom. The van der Waals surface area contributed by atoms with E-state index in [1.54, 1.807) is 0 Å². The van der Waals surface area contributed by atoms with Crippen LogP contribution in [0.3, 0.4) is 0 Å². The average Bonchev–Trinajstić information content (AvgIpc) is 2.57. The van der Waals surface area contributed by atoms with Crippen LogP contribution in [0.2, 0.25) is 0 Å². The van der Waals surface area contributed by atoms with Gasteiger partial charge in [0.05, 0.1) is 17.4 Å². The van der Waals surface area contributed by atoms with Crippen molar-refractivity contribution in [1.82, 2.24) is 0 Å². The molecule has 0 fully saturated rings. The van der Waals surface area contributed by atoms with E-state index in [-0.39, 0.29) is 0 Å². The quantitative estimate of drug-likeness (QED) is 0.807. The summed E-state index contributed by atoms with van der Waals surface area (Å²) in [6.45, 7) is 3.21. The number of benzene rings is 1. The summed E-state index contributed by atoms with van der Waals surface area (Å²) >= 11 is 0. The molecule has 1 N–H and O–H groups in total. The normalized spacial score (nSPS) is 14.4. The van der Waals surface area contributed by atoms with Crippen molar-refractivity contribution in [2.45, 2.75) is 25.7 Å². The highest BCUT2D eigenvalue weighted by atomic mass is 15.2. The Balaban J connectivity index is 1.99. The number of hydrogen-bond acceptors (Lipinski definition) is 3. The van der Waals surface area contributed by atoms with Gasteiger partial charge in [0.2, 0.25) is 0 Å². The second-order valence-corrected chi connectivity index (χ2v) is 4.40. The summed E-state index contributed by atoms with van der Waals surface area (Å²) < 4.78 is 0. The molecule has 0 radical (unpaired) electrons. The van der Waals surface area contributed by atoms with Gasteiger partial charge in [-0.15, -0.1) is 0 Å². The molecule has 0 spiro atoms. The molecule has 90 valence electrons. The molecule has 0 saturated heterocycles. The molecule has 1 heterocycles. The van der Waals surface area contributed by atoms with Crippen LogP contribution in [0.25, 0.3) is 0 Å². The van der Waals surface area contributed by atoms with Crippen molar-refractivity contribution in [3.63, 3.8) is 0 Å². The molecular weight excluding hydrogens is 210 g/mol.